The van der Waals surface area contributed by atoms with Crippen molar-refractivity contribution in [2.45, 2.75) is 33.1 Å². The van der Waals surface area contributed by atoms with Gasteiger partial charge in [-0.3, -0.25) is 9.58 Å². The van der Waals surface area contributed by atoms with Crippen molar-refractivity contribution in [2.75, 3.05) is 0 Å². The molecule has 3 rings (SSSR count). The summed E-state index contributed by atoms with van der Waals surface area (Å²) in [5, 5.41) is 13.5. The molecule has 1 N–H and O–H groups in total. The maximum absolute atomic E-state index is 11.1. The number of hydrogen-bond acceptors (Lipinski definition) is 3. The van der Waals surface area contributed by atoms with Crippen LogP contribution in [-0.2, 0) is 26.2 Å². The minimum Gasteiger partial charge on any atom is -0.477 e. The first-order valence-corrected chi connectivity index (χ1v) is 6.76. The summed E-state index contributed by atoms with van der Waals surface area (Å²) in [6, 6.07) is 10.1. The number of fused-ring (bicyclic) bond motifs is 1. The number of benzene rings is 1. The van der Waals surface area contributed by atoms with Gasteiger partial charge in [0.15, 0.2) is 0 Å². The van der Waals surface area contributed by atoms with Gasteiger partial charge in [0.05, 0.1) is 5.69 Å². The van der Waals surface area contributed by atoms with E-state index in [4.69, 9.17) is 5.11 Å². The van der Waals surface area contributed by atoms with Gasteiger partial charge in [0.25, 0.3) is 0 Å². The van der Waals surface area contributed by atoms with Crippen LogP contribution in [0.2, 0.25) is 0 Å². The summed E-state index contributed by atoms with van der Waals surface area (Å²) < 4.78 is 1.54. The zero-order valence-electron chi connectivity index (χ0n) is 11.4. The Morgan fingerprint density at radius 3 is 2.45 bits per heavy atom. The van der Waals surface area contributed by atoms with Gasteiger partial charge in [0.2, 0.25) is 0 Å². The molecule has 1 aromatic carbocycles. The number of aryl methyl sites for hydroxylation is 1. The van der Waals surface area contributed by atoms with Crippen LogP contribution >= 0.6 is 0 Å². The summed E-state index contributed by atoms with van der Waals surface area (Å²) in [4.78, 5) is 13.4. The third kappa shape index (κ3) is 2.32. The van der Waals surface area contributed by atoms with E-state index in [1.807, 2.05) is 6.92 Å². The Morgan fingerprint density at radius 2 is 1.95 bits per heavy atom. The third-order valence-corrected chi connectivity index (χ3v) is 3.64. The number of aromatic nitrogens is 2. The van der Waals surface area contributed by atoms with Gasteiger partial charge in [0.1, 0.15) is 5.69 Å². The number of carboxylic acids is 1. The number of carboxylic acid groups (broad SMARTS) is 1. The number of carbonyl (C=O) groups is 1. The summed E-state index contributed by atoms with van der Waals surface area (Å²) in [5.74, 6) is -0.921. The molecule has 1 aromatic heterocycles. The lowest BCUT2D eigenvalue weighted by molar-refractivity contribution is 0.0683. The fraction of sp³-hybridized carbons (Fsp3) is 0.333. The second-order valence-electron chi connectivity index (χ2n) is 5.06. The molecule has 0 fully saturated rings. The SMILES string of the molecule is CCn1nc(CN2Cc3ccccc3C2)cc1C(=O)O. The smallest absolute Gasteiger partial charge is 0.354 e. The van der Waals surface area contributed by atoms with E-state index >= 15 is 0 Å². The van der Waals surface area contributed by atoms with Crippen molar-refractivity contribution in [1.82, 2.24) is 14.7 Å². The molecular formula is C15H17N3O2. The van der Waals surface area contributed by atoms with Crippen molar-refractivity contribution < 1.29 is 9.90 Å². The van der Waals surface area contributed by atoms with Crippen molar-refractivity contribution in [3.05, 3.63) is 52.8 Å². The van der Waals surface area contributed by atoms with Crippen LogP contribution in [0.1, 0.15) is 34.2 Å². The zero-order chi connectivity index (χ0) is 14.1. The van der Waals surface area contributed by atoms with Crippen LogP contribution in [0.5, 0.6) is 0 Å². The quantitative estimate of drug-likeness (QED) is 0.925. The topological polar surface area (TPSA) is 58.4 Å². The van der Waals surface area contributed by atoms with E-state index < -0.39 is 5.97 Å². The minimum atomic E-state index is -0.921. The largest absolute Gasteiger partial charge is 0.477 e. The first-order valence-electron chi connectivity index (χ1n) is 6.76. The molecule has 0 saturated heterocycles. The standard InChI is InChI=1S/C15H17N3O2/c1-2-18-14(15(19)20)7-13(16-18)10-17-8-11-5-3-4-6-12(11)9-17/h3-7H,2,8-10H2,1H3,(H,19,20). The molecule has 2 heterocycles. The van der Waals surface area contributed by atoms with E-state index in [9.17, 15) is 4.79 Å². The highest BCUT2D eigenvalue weighted by molar-refractivity contribution is 5.85. The molecule has 0 bridgehead atoms. The Balaban J connectivity index is 1.75. The molecule has 0 amide bonds. The van der Waals surface area contributed by atoms with E-state index in [0.717, 1.165) is 18.8 Å². The van der Waals surface area contributed by atoms with Gasteiger partial charge < -0.3 is 5.11 Å². The lowest BCUT2D eigenvalue weighted by atomic mass is 10.1. The molecule has 0 atom stereocenters. The van der Waals surface area contributed by atoms with Crippen LogP contribution in [0, 0.1) is 0 Å². The average Bonchev–Trinajstić information content (AvgIpc) is 3.01. The fourth-order valence-electron chi connectivity index (χ4n) is 2.71. The maximum atomic E-state index is 11.1. The summed E-state index contributed by atoms with van der Waals surface area (Å²) in [6.45, 7) is 4.95. The Hall–Kier alpha value is -2.14. The van der Waals surface area contributed by atoms with Crippen molar-refractivity contribution >= 4 is 5.97 Å². The van der Waals surface area contributed by atoms with Gasteiger partial charge in [-0.25, -0.2) is 4.79 Å². The van der Waals surface area contributed by atoms with Crippen LogP contribution in [-0.4, -0.2) is 25.8 Å². The monoisotopic (exact) mass is 271 g/mol. The van der Waals surface area contributed by atoms with E-state index in [-0.39, 0.29) is 5.69 Å². The van der Waals surface area contributed by atoms with Crippen LogP contribution in [0.25, 0.3) is 0 Å². The van der Waals surface area contributed by atoms with Gasteiger partial charge in [-0.1, -0.05) is 24.3 Å². The molecule has 5 heteroatoms. The molecule has 0 radical (unpaired) electrons. The Morgan fingerprint density at radius 1 is 1.30 bits per heavy atom. The predicted octanol–water partition coefficient (Wildman–Crippen LogP) is 2.12. The molecule has 0 aliphatic carbocycles. The summed E-state index contributed by atoms with van der Waals surface area (Å²) in [7, 11) is 0. The van der Waals surface area contributed by atoms with Crippen molar-refractivity contribution in [1.29, 1.82) is 0 Å². The molecule has 1 aliphatic heterocycles. The Bertz CT molecular complexity index is 623. The van der Waals surface area contributed by atoms with Gasteiger partial charge in [-0.2, -0.15) is 5.10 Å². The first-order chi connectivity index (χ1) is 9.67. The van der Waals surface area contributed by atoms with Crippen LogP contribution in [0.3, 0.4) is 0 Å². The molecule has 0 spiro atoms. The van der Waals surface area contributed by atoms with Gasteiger partial charge in [-0.15, -0.1) is 0 Å². The summed E-state index contributed by atoms with van der Waals surface area (Å²) in [6.07, 6.45) is 0. The summed E-state index contributed by atoms with van der Waals surface area (Å²) >= 11 is 0. The van der Waals surface area contributed by atoms with E-state index in [2.05, 4.69) is 34.3 Å². The van der Waals surface area contributed by atoms with Crippen molar-refractivity contribution in [3.63, 3.8) is 0 Å². The summed E-state index contributed by atoms with van der Waals surface area (Å²) in [5.41, 5.74) is 3.78. The molecule has 1 aliphatic rings. The fourth-order valence-corrected chi connectivity index (χ4v) is 2.71. The lowest BCUT2D eigenvalue weighted by Gasteiger charge is -2.12. The molecule has 0 unspecified atom stereocenters. The molecular weight excluding hydrogens is 254 g/mol. The molecule has 0 saturated carbocycles. The highest BCUT2D eigenvalue weighted by atomic mass is 16.4. The highest BCUT2D eigenvalue weighted by Gasteiger charge is 2.20. The van der Waals surface area contributed by atoms with E-state index in [1.54, 1.807) is 10.7 Å². The van der Waals surface area contributed by atoms with E-state index in [1.165, 1.54) is 11.1 Å². The highest BCUT2D eigenvalue weighted by Crippen LogP contribution is 2.23. The second-order valence-corrected chi connectivity index (χ2v) is 5.06. The second kappa shape index (κ2) is 5.09. The average molecular weight is 271 g/mol. The third-order valence-electron chi connectivity index (χ3n) is 3.64. The maximum Gasteiger partial charge on any atom is 0.354 e. The van der Waals surface area contributed by atoms with Crippen molar-refractivity contribution in [3.8, 4) is 0 Å². The first kappa shape index (κ1) is 12.9. The normalized spacial score (nSPS) is 14.4. The Labute approximate surface area is 117 Å². The van der Waals surface area contributed by atoms with Crippen molar-refractivity contribution in [2.24, 2.45) is 0 Å². The minimum absolute atomic E-state index is 0.263. The Kier molecular flexibility index (Phi) is 3.28. The van der Waals surface area contributed by atoms with Crippen LogP contribution in [0.15, 0.2) is 30.3 Å². The van der Waals surface area contributed by atoms with Crippen LogP contribution in [0.4, 0.5) is 0 Å². The number of hydrogen-bond donors (Lipinski definition) is 1. The van der Waals surface area contributed by atoms with Gasteiger partial charge in [-0.05, 0) is 24.1 Å². The van der Waals surface area contributed by atoms with Gasteiger partial charge >= 0.3 is 5.97 Å². The van der Waals surface area contributed by atoms with Gasteiger partial charge in [0, 0.05) is 26.2 Å². The molecule has 2 aromatic rings. The zero-order valence-corrected chi connectivity index (χ0v) is 11.4. The number of aromatic carboxylic acids is 1. The lowest BCUT2D eigenvalue weighted by Crippen LogP contribution is -2.16. The molecule has 20 heavy (non-hydrogen) atoms. The number of nitrogens with zero attached hydrogens (tertiary/aromatic N) is 3. The van der Waals surface area contributed by atoms with Crippen LogP contribution < -0.4 is 0 Å². The van der Waals surface area contributed by atoms with E-state index in [0.29, 0.717) is 13.1 Å². The predicted molar refractivity (Wildman–Crippen MR) is 74.3 cm³/mol. The molecule has 104 valence electrons. The number of rotatable bonds is 4. The molecule has 5 nitrogen and oxygen atoms in total.